The van der Waals surface area contributed by atoms with Crippen LogP contribution in [0, 0.1) is 6.92 Å². The largest absolute Gasteiger partial charge is 0.0930 e. The highest BCUT2D eigenvalue weighted by Gasteiger charge is 2.16. The molecule has 2 rings (SSSR count). The second-order valence-corrected chi connectivity index (χ2v) is 8.28. The van der Waals surface area contributed by atoms with Gasteiger partial charge in [0.2, 0.25) is 0 Å². The molecule has 0 saturated carbocycles. The number of hydrogen-bond acceptors (Lipinski definition) is 0. The van der Waals surface area contributed by atoms with Crippen molar-refractivity contribution in [3.63, 3.8) is 0 Å². The Morgan fingerprint density at radius 3 is 2.12 bits per heavy atom. The van der Waals surface area contributed by atoms with Gasteiger partial charge in [0.05, 0.1) is 0 Å². The van der Waals surface area contributed by atoms with Crippen LogP contribution in [0.3, 0.4) is 0 Å². The minimum Gasteiger partial charge on any atom is -0.0930 e. The highest BCUT2D eigenvalue weighted by molar-refractivity contribution is 7.77. The first-order valence-corrected chi connectivity index (χ1v) is 10.1. The zero-order valence-electron chi connectivity index (χ0n) is 13.9. The summed E-state index contributed by atoms with van der Waals surface area (Å²) in [7, 11) is -0.657. The molecule has 0 radical (unpaired) electrons. The van der Waals surface area contributed by atoms with Crippen molar-refractivity contribution in [3.05, 3.63) is 94.3 Å². The predicted octanol–water partition coefficient (Wildman–Crippen LogP) is 6.68. The van der Waals surface area contributed by atoms with Crippen molar-refractivity contribution >= 4 is 41.7 Å². The van der Waals surface area contributed by atoms with Crippen molar-refractivity contribution in [2.75, 3.05) is 0 Å². The van der Waals surface area contributed by atoms with Crippen LogP contribution in [0.25, 0.3) is 0 Å². The monoisotopic (exact) mass is 374 g/mol. The van der Waals surface area contributed by atoms with Crippen molar-refractivity contribution in [1.29, 1.82) is 0 Å². The van der Waals surface area contributed by atoms with E-state index in [9.17, 15) is 0 Å². The molecule has 1 unspecified atom stereocenters. The average molecular weight is 375 g/mol. The smallest absolute Gasteiger partial charge is 0.0406 e. The SMILES string of the molecule is CC\C=C/C(=C\C=C\Cl)P(c1ccc(C)cc1)c1ccc(Cl)cc1. The second-order valence-electron chi connectivity index (χ2n) is 5.37. The van der Waals surface area contributed by atoms with Crippen molar-refractivity contribution in [2.45, 2.75) is 20.3 Å². The van der Waals surface area contributed by atoms with Gasteiger partial charge in [0.15, 0.2) is 0 Å². The van der Waals surface area contributed by atoms with E-state index < -0.39 is 7.92 Å². The van der Waals surface area contributed by atoms with Crippen LogP contribution in [0.4, 0.5) is 0 Å². The normalized spacial score (nSPS) is 13.8. The topological polar surface area (TPSA) is 0 Å². The van der Waals surface area contributed by atoms with Crippen molar-refractivity contribution < 1.29 is 0 Å². The minimum absolute atomic E-state index is 0.657. The first-order valence-electron chi connectivity index (χ1n) is 7.91. The van der Waals surface area contributed by atoms with Crippen molar-refractivity contribution in [2.24, 2.45) is 0 Å². The number of halogens is 2. The fraction of sp³-hybridized carbons (Fsp3) is 0.143. The fourth-order valence-electron chi connectivity index (χ4n) is 2.31. The summed E-state index contributed by atoms with van der Waals surface area (Å²) in [4.78, 5) is 0. The molecule has 0 fully saturated rings. The maximum atomic E-state index is 6.08. The van der Waals surface area contributed by atoms with E-state index in [2.05, 4.69) is 68.5 Å². The summed E-state index contributed by atoms with van der Waals surface area (Å²) < 4.78 is 0. The molecule has 0 aliphatic rings. The van der Waals surface area contributed by atoms with E-state index in [0.29, 0.717) is 0 Å². The number of allylic oxidation sites excluding steroid dienone is 5. The first kappa shape index (κ1) is 19.0. The third kappa shape index (κ3) is 5.35. The molecule has 0 aliphatic carbocycles. The van der Waals surface area contributed by atoms with Gasteiger partial charge in [-0.05, 0) is 49.3 Å². The number of benzene rings is 2. The molecule has 124 valence electrons. The molecule has 1 atom stereocenters. The Labute approximate surface area is 156 Å². The molecule has 0 bridgehead atoms. The number of aryl methyl sites for hydroxylation is 1. The van der Waals surface area contributed by atoms with Gasteiger partial charge in [0, 0.05) is 10.6 Å². The Hall–Kier alpha value is -1.33. The molecular formula is C21H21Cl2P. The van der Waals surface area contributed by atoms with E-state index in [4.69, 9.17) is 23.2 Å². The Morgan fingerprint density at radius 2 is 1.58 bits per heavy atom. The van der Waals surface area contributed by atoms with E-state index in [-0.39, 0.29) is 0 Å². The minimum atomic E-state index is -0.657. The lowest BCUT2D eigenvalue weighted by Gasteiger charge is -2.20. The molecule has 3 heteroatoms. The Balaban J connectivity index is 2.57. The highest BCUT2D eigenvalue weighted by atomic mass is 35.5. The van der Waals surface area contributed by atoms with Crippen LogP contribution in [-0.2, 0) is 0 Å². The zero-order valence-corrected chi connectivity index (χ0v) is 16.3. The quantitative estimate of drug-likeness (QED) is 0.390. The van der Waals surface area contributed by atoms with Gasteiger partial charge in [0.25, 0.3) is 0 Å². The average Bonchev–Trinajstić information content (AvgIpc) is 2.60. The maximum Gasteiger partial charge on any atom is 0.0406 e. The summed E-state index contributed by atoms with van der Waals surface area (Å²) in [5, 5.41) is 4.60. The Kier molecular flexibility index (Phi) is 7.79. The molecule has 0 amide bonds. The van der Waals surface area contributed by atoms with E-state index in [1.807, 2.05) is 18.2 Å². The van der Waals surface area contributed by atoms with Crippen LogP contribution < -0.4 is 10.6 Å². The van der Waals surface area contributed by atoms with Crippen LogP contribution in [-0.4, -0.2) is 0 Å². The standard InChI is InChI=1S/C21H21Cl2P/c1-3-4-6-19(7-5-16-22)24(20-12-8-17(2)9-13-20)21-14-10-18(23)11-15-21/h4-16H,3H2,1-2H3/b6-4-,16-5+,19-7+. The van der Waals surface area contributed by atoms with Crippen molar-refractivity contribution in [1.82, 2.24) is 0 Å². The van der Waals surface area contributed by atoms with Crippen LogP contribution in [0.2, 0.25) is 5.02 Å². The van der Waals surface area contributed by atoms with Crippen LogP contribution >= 0.6 is 31.1 Å². The Bertz CT molecular complexity index is 680. The predicted molar refractivity (Wildman–Crippen MR) is 111 cm³/mol. The molecule has 2 aromatic carbocycles. The third-order valence-electron chi connectivity index (χ3n) is 3.50. The molecule has 0 spiro atoms. The van der Waals surface area contributed by atoms with Gasteiger partial charge in [-0.15, -0.1) is 0 Å². The van der Waals surface area contributed by atoms with Crippen LogP contribution in [0.15, 0.2) is 83.7 Å². The summed E-state index contributed by atoms with van der Waals surface area (Å²) in [5.74, 6) is 0. The van der Waals surface area contributed by atoms with E-state index in [1.54, 1.807) is 5.54 Å². The molecule has 0 heterocycles. The lowest BCUT2D eigenvalue weighted by molar-refractivity contribution is 1.22. The van der Waals surface area contributed by atoms with E-state index >= 15 is 0 Å². The van der Waals surface area contributed by atoms with Gasteiger partial charge in [-0.25, -0.2) is 0 Å². The van der Waals surface area contributed by atoms with Crippen LogP contribution in [0.5, 0.6) is 0 Å². The fourth-order valence-corrected chi connectivity index (χ4v) is 4.79. The summed E-state index contributed by atoms with van der Waals surface area (Å²) in [6, 6.07) is 16.9. The number of rotatable bonds is 6. The molecule has 24 heavy (non-hydrogen) atoms. The highest BCUT2D eigenvalue weighted by Crippen LogP contribution is 2.44. The summed E-state index contributed by atoms with van der Waals surface area (Å²) in [6.07, 6.45) is 9.37. The summed E-state index contributed by atoms with van der Waals surface area (Å²) in [6.45, 7) is 4.25. The lowest BCUT2D eigenvalue weighted by Crippen LogP contribution is -2.12. The van der Waals surface area contributed by atoms with Gasteiger partial charge in [-0.1, -0.05) is 96.4 Å². The van der Waals surface area contributed by atoms with E-state index in [1.165, 1.54) is 21.5 Å². The third-order valence-corrected chi connectivity index (χ3v) is 6.34. The molecule has 0 nitrogen and oxygen atoms in total. The van der Waals surface area contributed by atoms with Crippen LogP contribution in [0.1, 0.15) is 18.9 Å². The molecule has 2 aromatic rings. The van der Waals surface area contributed by atoms with Crippen molar-refractivity contribution in [3.8, 4) is 0 Å². The second kappa shape index (κ2) is 9.84. The summed E-state index contributed by atoms with van der Waals surface area (Å²) in [5.41, 5.74) is 2.81. The van der Waals surface area contributed by atoms with E-state index in [0.717, 1.165) is 11.4 Å². The summed E-state index contributed by atoms with van der Waals surface area (Å²) >= 11 is 11.8. The van der Waals surface area contributed by atoms with Gasteiger partial charge < -0.3 is 0 Å². The first-order chi connectivity index (χ1) is 11.7. The van der Waals surface area contributed by atoms with Gasteiger partial charge >= 0.3 is 0 Å². The molecule has 0 aromatic heterocycles. The maximum absolute atomic E-state index is 6.08. The number of hydrogen-bond donors (Lipinski definition) is 0. The van der Waals surface area contributed by atoms with Gasteiger partial charge in [0.1, 0.15) is 0 Å². The molecular weight excluding hydrogens is 354 g/mol. The molecule has 0 saturated heterocycles. The lowest BCUT2D eigenvalue weighted by atomic mass is 10.2. The van der Waals surface area contributed by atoms with Gasteiger partial charge in [-0.2, -0.15) is 0 Å². The molecule has 0 aliphatic heterocycles. The van der Waals surface area contributed by atoms with Gasteiger partial charge in [-0.3, -0.25) is 0 Å². The zero-order chi connectivity index (χ0) is 17.4. The Morgan fingerprint density at radius 1 is 1.00 bits per heavy atom. The molecule has 0 N–H and O–H groups in total.